The van der Waals surface area contributed by atoms with Gasteiger partial charge in [-0.3, -0.25) is 19.7 Å². The van der Waals surface area contributed by atoms with E-state index in [-0.39, 0.29) is 34.1 Å². The fourth-order valence-electron chi connectivity index (χ4n) is 3.35. The first kappa shape index (κ1) is 27.2. The first-order valence-electron chi connectivity index (χ1n) is 11.2. The minimum atomic E-state index is -3.68. The van der Waals surface area contributed by atoms with Crippen molar-refractivity contribution in [3.63, 3.8) is 0 Å². The van der Waals surface area contributed by atoms with Crippen molar-refractivity contribution in [2.24, 2.45) is 4.99 Å². The van der Waals surface area contributed by atoms with Gasteiger partial charge in [-0.15, -0.1) is 0 Å². The van der Waals surface area contributed by atoms with E-state index in [1.165, 1.54) is 58.4 Å². The van der Waals surface area contributed by atoms with Gasteiger partial charge in [0.2, 0.25) is 10.0 Å². The summed E-state index contributed by atoms with van der Waals surface area (Å²) in [5.74, 6) is -1.21. The number of aromatic nitrogens is 1. The molecule has 1 heterocycles. The van der Waals surface area contributed by atoms with Crippen molar-refractivity contribution in [3.05, 3.63) is 62.9 Å². The van der Waals surface area contributed by atoms with E-state index < -0.39 is 26.8 Å². The van der Waals surface area contributed by atoms with Gasteiger partial charge in [0, 0.05) is 31.3 Å². The number of fused-ring (bicyclic) bond motifs is 1. The maximum Gasteiger partial charge on any atom is 0.326 e. The van der Waals surface area contributed by atoms with E-state index in [4.69, 9.17) is 4.74 Å². The lowest BCUT2D eigenvalue weighted by atomic mass is 10.2. The fraction of sp³-hybridized carbons (Fsp3) is 0.348. The number of nitrogens with zero attached hydrogens (tertiary/aromatic N) is 4. The third kappa shape index (κ3) is 6.04. The average Bonchev–Trinajstić information content (AvgIpc) is 3.18. The predicted octanol–water partition coefficient (Wildman–Crippen LogP) is 3.34. The molecular formula is C23H26N4O7S2. The minimum absolute atomic E-state index is 0.0594. The molecule has 1 aromatic heterocycles. The zero-order valence-corrected chi connectivity index (χ0v) is 21.7. The minimum Gasteiger partial charge on any atom is -0.465 e. The van der Waals surface area contributed by atoms with Crippen LogP contribution in [0.3, 0.4) is 0 Å². The number of nitro groups is 1. The number of benzene rings is 2. The Balaban J connectivity index is 1.99. The van der Waals surface area contributed by atoms with Crippen LogP contribution in [0, 0.1) is 10.1 Å². The van der Waals surface area contributed by atoms with Crippen molar-refractivity contribution >= 4 is 49.1 Å². The molecule has 0 fully saturated rings. The highest BCUT2D eigenvalue weighted by Crippen LogP contribution is 2.23. The average molecular weight is 535 g/mol. The summed E-state index contributed by atoms with van der Waals surface area (Å²) in [6.07, 6.45) is 1.59. The molecule has 192 valence electrons. The molecule has 1 amide bonds. The molecule has 0 aliphatic carbocycles. The summed E-state index contributed by atoms with van der Waals surface area (Å²) in [4.78, 5) is 40.0. The fourth-order valence-corrected chi connectivity index (χ4v) is 5.62. The van der Waals surface area contributed by atoms with Crippen LogP contribution in [0.1, 0.15) is 37.0 Å². The van der Waals surface area contributed by atoms with Crippen molar-refractivity contribution in [1.29, 1.82) is 0 Å². The Labute approximate surface area is 211 Å². The number of unbranched alkanes of at least 4 members (excludes halogenated alkanes) is 1. The van der Waals surface area contributed by atoms with E-state index in [0.717, 1.165) is 24.2 Å². The van der Waals surface area contributed by atoms with Crippen molar-refractivity contribution in [1.82, 2.24) is 8.87 Å². The summed E-state index contributed by atoms with van der Waals surface area (Å²) < 4.78 is 33.6. The lowest BCUT2D eigenvalue weighted by Crippen LogP contribution is -2.27. The van der Waals surface area contributed by atoms with Crippen LogP contribution in [0.15, 0.2) is 52.4 Å². The van der Waals surface area contributed by atoms with Gasteiger partial charge in [0.25, 0.3) is 11.6 Å². The van der Waals surface area contributed by atoms with Crippen molar-refractivity contribution in [3.8, 4) is 0 Å². The van der Waals surface area contributed by atoms with E-state index in [1.807, 2.05) is 6.92 Å². The van der Waals surface area contributed by atoms with Crippen LogP contribution in [0.5, 0.6) is 0 Å². The molecule has 0 unspecified atom stereocenters. The Morgan fingerprint density at radius 3 is 2.47 bits per heavy atom. The highest BCUT2D eigenvalue weighted by atomic mass is 32.2. The summed E-state index contributed by atoms with van der Waals surface area (Å²) >= 11 is 1.02. The van der Waals surface area contributed by atoms with E-state index in [2.05, 4.69) is 4.99 Å². The van der Waals surface area contributed by atoms with Gasteiger partial charge in [-0.2, -0.15) is 4.99 Å². The zero-order chi connectivity index (χ0) is 26.5. The van der Waals surface area contributed by atoms with Gasteiger partial charge in [-0.1, -0.05) is 24.7 Å². The van der Waals surface area contributed by atoms with Crippen molar-refractivity contribution in [2.75, 3.05) is 20.2 Å². The van der Waals surface area contributed by atoms with Crippen LogP contribution in [0.2, 0.25) is 0 Å². The van der Waals surface area contributed by atoms with Crippen LogP contribution in [0.4, 0.5) is 5.69 Å². The van der Waals surface area contributed by atoms with Crippen LogP contribution < -0.4 is 4.80 Å². The number of sulfonamides is 1. The molecule has 0 atom stereocenters. The summed E-state index contributed by atoms with van der Waals surface area (Å²) in [5, 5.41) is 11.2. The number of carbonyl (C=O) groups is 2. The molecule has 11 nitrogen and oxygen atoms in total. The molecule has 3 rings (SSSR count). The largest absolute Gasteiger partial charge is 0.465 e. The third-order valence-electron chi connectivity index (χ3n) is 5.30. The number of hydrogen-bond donors (Lipinski definition) is 0. The first-order chi connectivity index (χ1) is 17.1. The standard InChI is InChI=1S/C23H26N4O7S2/c1-4-6-13-25(3)36(32,33)18-10-7-16(8-11-18)22(29)24-23-26(15-21(28)34-5-2)19-12-9-17(27(30)31)14-20(19)35-23/h7-12,14H,4-6,13,15H2,1-3H3. The second-order valence-corrected chi connectivity index (χ2v) is 10.9. The number of thiazole rings is 1. The van der Waals surface area contributed by atoms with Crippen molar-refractivity contribution in [2.45, 2.75) is 38.1 Å². The number of amides is 1. The van der Waals surface area contributed by atoms with Gasteiger partial charge in [0.05, 0.1) is 26.6 Å². The summed E-state index contributed by atoms with van der Waals surface area (Å²) in [7, 11) is -2.18. The molecule has 0 saturated carbocycles. The molecule has 0 N–H and O–H groups in total. The summed E-state index contributed by atoms with van der Waals surface area (Å²) in [5.41, 5.74) is 0.503. The van der Waals surface area contributed by atoms with Gasteiger partial charge >= 0.3 is 5.97 Å². The second kappa shape index (κ2) is 11.5. The number of hydrogen-bond acceptors (Lipinski definition) is 8. The molecule has 3 aromatic rings. The van der Waals surface area contributed by atoms with Crippen LogP contribution in [-0.4, -0.2) is 54.3 Å². The van der Waals surface area contributed by atoms with Gasteiger partial charge < -0.3 is 9.30 Å². The molecule has 2 aromatic carbocycles. The Morgan fingerprint density at radius 1 is 1.17 bits per heavy atom. The quantitative estimate of drug-likeness (QED) is 0.221. The molecule has 13 heteroatoms. The van der Waals surface area contributed by atoms with Gasteiger partial charge in [-0.25, -0.2) is 12.7 Å². The molecule has 0 aliphatic rings. The van der Waals surface area contributed by atoms with E-state index in [0.29, 0.717) is 16.8 Å². The van der Waals surface area contributed by atoms with E-state index in [9.17, 15) is 28.1 Å². The monoisotopic (exact) mass is 534 g/mol. The van der Waals surface area contributed by atoms with Gasteiger partial charge in [-0.05, 0) is 43.7 Å². The molecule has 0 spiro atoms. The second-order valence-electron chi connectivity index (χ2n) is 7.81. The predicted molar refractivity (Wildman–Crippen MR) is 134 cm³/mol. The number of rotatable bonds is 10. The highest BCUT2D eigenvalue weighted by molar-refractivity contribution is 7.89. The van der Waals surface area contributed by atoms with Gasteiger partial charge in [0.1, 0.15) is 6.54 Å². The SMILES string of the molecule is CCCCN(C)S(=O)(=O)c1ccc(C(=O)N=c2sc3cc([N+](=O)[O-])ccc3n2CC(=O)OCC)cc1. The third-order valence-corrected chi connectivity index (χ3v) is 8.22. The maximum atomic E-state index is 12.9. The number of carbonyl (C=O) groups excluding carboxylic acids is 2. The highest BCUT2D eigenvalue weighted by Gasteiger charge is 2.21. The molecular weight excluding hydrogens is 508 g/mol. The van der Waals surface area contributed by atoms with Crippen LogP contribution >= 0.6 is 11.3 Å². The molecule has 0 aliphatic heterocycles. The van der Waals surface area contributed by atoms with Gasteiger partial charge in [0.15, 0.2) is 4.80 Å². The molecule has 0 saturated heterocycles. The summed E-state index contributed by atoms with van der Waals surface area (Å²) in [6.45, 7) is 3.95. The lowest BCUT2D eigenvalue weighted by molar-refractivity contribution is -0.384. The number of nitro benzene ring substituents is 1. The lowest BCUT2D eigenvalue weighted by Gasteiger charge is -2.16. The maximum absolute atomic E-state index is 12.9. The van der Waals surface area contributed by atoms with Crippen LogP contribution in [0.25, 0.3) is 10.2 Å². The smallest absolute Gasteiger partial charge is 0.326 e. The molecule has 0 bridgehead atoms. The van der Waals surface area contributed by atoms with E-state index >= 15 is 0 Å². The Hall–Kier alpha value is -3.42. The molecule has 36 heavy (non-hydrogen) atoms. The molecule has 0 radical (unpaired) electrons. The number of esters is 1. The number of non-ortho nitro benzene ring substituents is 1. The Bertz CT molecular complexity index is 1460. The topological polar surface area (TPSA) is 141 Å². The summed E-state index contributed by atoms with van der Waals surface area (Å²) in [6, 6.07) is 9.59. The van der Waals surface area contributed by atoms with Crippen molar-refractivity contribution < 1.29 is 27.7 Å². The van der Waals surface area contributed by atoms with Crippen LogP contribution in [-0.2, 0) is 26.1 Å². The normalized spacial score (nSPS) is 12.3. The zero-order valence-electron chi connectivity index (χ0n) is 20.0. The Morgan fingerprint density at radius 2 is 1.86 bits per heavy atom. The van der Waals surface area contributed by atoms with E-state index in [1.54, 1.807) is 6.92 Å². The Kier molecular flexibility index (Phi) is 8.71. The first-order valence-corrected chi connectivity index (χ1v) is 13.4. The number of ether oxygens (including phenoxy) is 1.